The zero-order valence-corrected chi connectivity index (χ0v) is 19.3. The average Bonchev–Trinajstić information content (AvgIpc) is 3.06. The van der Waals surface area contributed by atoms with Gasteiger partial charge in [-0.15, -0.1) is 15.7 Å². The number of nitrogens with two attached hydrogens (primary N) is 1. The normalized spacial score (nSPS) is 14.3. The van der Waals surface area contributed by atoms with E-state index in [1.807, 2.05) is 27.7 Å². The molecule has 0 fully saturated rings. The number of nitrogens with zero attached hydrogens (tertiary/aromatic N) is 1. The summed E-state index contributed by atoms with van der Waals surface area (Å²) in [5.41, 5.74) is 1.63. The first-order valence-electron chi connectivity index (χ1n) is 9.43. The minimum Gasteiger partial charge on any atom is -0.386 e. The van der Waals surface area contributed by atoms with Gasteiger partial charge < -0.3 is 5.11 Å². The Morgan fingerprint density at radius 2 is 1.72 bits per heavy atom. The number of carbonyl (C=O) groups is 1. The highest BCUT2D eigenvalue weighted by molar-refractivity contribution is 7.93. The lowest BCUT2D eigenvalue weighted by Crippen LogP contribution is -2.17. The maximum Gasteiger partial charge on any atom is 0.259 e. The van der Waals surface area contributed by atoms with Crippen LogP contribution in [0.4, 0.5) is 4.39 Å². The summed E-state index contributed by atoms with van der Waals surface area (Å²) in [6.45, 7) is 10.9. The lowest BCUT2D eigenvalue weighted by molar-refractivity contribution is -0.117. The third kappa shape index (κ3) is 5.72. The largest absolute Gasteiger partial charge is 0.386 e. The molecule has 1 unspecified atom stereocenters. The number of amides is 1. The standard InChI is InChI=1S/C21H29FN2O3S2/c1-12(2)16-8-15(22)9-17(13(3)4)18(16)10-19(25)24-29(23,27)20-7-14(11-28-20)21(5,6)26/h7-9,11-13,26H,10H2,1-6H3,(H2,23,24,25,27). The van der Waals surface area contributed by atoms with Crippen molar-refractivity contribution in [3.8, 4) is 0 Å². The quantitative estimate of drug-likeness (QED) is 0.674. The Balaban J connectivity index is 2.44. The SMILES string of the molecule is CC(C)c1cc(F)cc(C(C)C)c1CC(=O)N=S(N)(=O)c1cc(C(C)(C)O)cs1. The first-order valence-corrected chi connectivity index (χ1v) is 11.9. The van der Waals surface area contributed by atoms with E-state index in [1.165, 1.54) is 18.2 Å². The van der Waals surface area contributed by atoms with Crippen molar-refractivity contribution in [2.45, 2.75) is 69.6 Å². The second kappa shape index (κ2) is 8.63. The first kappa shape index (κ1) is 23.7. The van der Waals surface area contributed by atoms with Gasteiger partial charge in [-0.1, -0.05) is 27.7 Å². The Labute approximate surface area is 176 Å². The number of carbonyl (C=O) groups excluding carboxylic acids is 1. The molecule has 1 heterocycles. The summed E-state index contributed by atoms with van der Waals surface area (Å²) >= 11 is 1.09. The van der Waals surface area contributed by atoms with Gasteiger partial charge in [0.15, 0.2) is 9.92 Å². The molecule has 1 aromatic carbocycles. The number of thiophene rings is 1. The number of hydrogen-bond acceptors (Lipinski definition) is 4. The van der Waals surface area contributed by atoms with Gasteiger partial charge in [0.25, 0.3) is 5.91 Å². The van der Waals surface area contributed by atoms with E-state index in [2.05, 4.69) is 4.36 Å². The predicted octanol–water partition coefficient (Wildman–Crippen LogP) is 4.83. The Morgan fingerprint density at radius 1 is 1.21 bits per heavy atom. The molecular weight excluding hydrogens is 411 g/mol. The van der Waals surface area contributed by atoms with E-state index in [-0.39, 0.29) is 28.3 Å². The number of hydrogen-bond donors (Lipinski definition) is 2. The van der Waals surface area contributed by atoms with E-state index in [9.17, 15) is 18.5 Å². The molecule has 1 amide bonds. The molecular formula is C21H29FN2O3S2. The fourth-order valence-electron chi connectivity index (χ4n) is 3.08. The van der Waals surface area contributed by atoms with E-state index in [4.69, 9.17) is 5.14 Å². The van der Waals surface area contributed by atoms with Crippen molar-refractivity contribution in [2.24, 2.45) is 9.50 Å². The van der Waals surface area contributed by atoms with Crippen LogP contribution in [-0.2, 0) is 26.7 Å². The molecule has 29 heavy (non-hydrogen) atoms. The topological polar surface area (TPSA) is 92.8 Å². The van der Waals surface area contributed by atoms with Crippen molar-refractivity contribution in [2.75, 3.05) is 0 Å². The highest BCUT2D eigenvalue weighted by Gasteiger charge is 2.23. The van der Waals surface area contributed by atoms with Gasteiger partial charge in [-0.25, -0.2) is 13.7 Å². The molecule has 0 radical (unpaired) electrons. The number of rotatable bonds is 6. The summed E-state index contributed by atoms with van der Waals surface area (Å²) in [7, 11) is -3.43. The average molecular weight is 441 g/mol. The summed E-state index contributed by atoms with van der Waals surface area (Å²) in [6.07, 6.45) is -0.0980. The molecule has 0 aliphatic rings. The fraction of sp³-hybridized carbons (Fsp3) is 0.476. The first-order chi connectivity index (χ1) is 13.2. The Kier molecular flexibility index (Phi) is 7.05. The third-order valence-corrected chi connectivity index (χ3v) is 7.56. The maximum absolute atomic E-state index is 14.1. The molecule has 0 bridgehead atoms. The third-order valence-electron chi connectivity index (χ3n) is 4.66. The summed E-state index contributed by atoms with van der Waals surface area (Å²) in [5, 5.41) is 17.6. The van der Waals surface area contributed by atoms with Gasteiger partial charge in [0.2, 0.25) is 0 Å². The summed E-state index contributed by atoms with van der Waals surface area (Å²) < 4.78 is 31.0. The van der Waals surface area contributed by atoms with Crippen molar-refractivity contribution in [1.29, 1.82) is 0 Å². The Hall–Kier alpha value is -1.61. The molecule has 1 atom stereocenters. The zero-order chi connectivity index (χ0) is 22.1. The van der Waals surface area contributed by atoms with E-state index >= 15 is 0 Å². The van der Waals surface area contributed by atoms with Crippen LogP contribution in [0.3, 0.4) is 0 Å². The molecule has 2 rings (SSSR count). The Bertz CT molecular complexity index is 998. The van der Waals surface area contributed by atoms with E-state index < -0.39 is 21.4 Å². The molecule has 1 aromatic heterocycles. The number of halogens is 1. The van der Waals surface area contributed by atoms with Crippen LogP contribution in [0.15, 0.2) is 32.2 Å². The van der Waals surface area contributed by atoms with Gasteiger partial charge in [0.05, 0.1) is 12.0 Å². The molecule has 0 aliphatic heterocycles. The van der Waals surface area contributed by atoms with Gasteiger partial charge in [-0.05, 0) is 71.5 Å². The monoisotopic (exact) mass is 440 g/mol. The summed E-state index contributed by atoms with van der Waals surface area (Å²) in [4.78, 5) is 12.7. The second-order valence-electron chi connectivity index (χ2n) is 8.32. The minimum atomic E-state index is -3.43. The van der Waals surface area contributed by atoms with Gasteiger partial charge in [0, 0.05) is 0 Å². The van der Waals surface area contributed by atoms with Crippen LogP contribution in [0.2, 0.25) is 0 Å². The molecule has 160 valence electrons. The van der Waals surface area contributed by atoms with Gasteiger partial charge in [0.1, 0.15) is 10.0 Å². The predicted molar refractivity (Wildman–Crippen MR) is 116 cm³/mol. The summed E-state index contributed by atoms with van der Waals surface area (Å²) in [6, 6.07) is 4.39. The fourth-order valence-corrected chi connectivity index (χ4v) is 5.44. The zero-order valence-electron chi connectivity index (χ0n) is 17.7. The van der Waals surface area contributed by atoms with Crippen LogP contribution < -0.4 is 5.14 Å². The van der Waals surface area contributed by atoms with Crippen molar-refractivity contribution < 1.29 is 18.5 Å². The second-order valence-corrected chi connectivity index (χ2v) is 11.2. The van der Waals surface area contributed by atoms with Crippen LogP contribution >= 0.6 is 11.3 Å². The molecule has 0 aliphatic carbocycles. The van der Waals surface area contributed by atoms with E-state index in [0.29, 0.717) is 11.1 Å². The molecule has 0 saturated heterocycles. The number of benzene rings is 1. The smallest absolute Gasteiger partial charge is 0.259 e. The Morgan fingerprint density at radius 3 is 2.14 bits per heavy atom. The highest BCUT2D eigenvalue weighted by Crippen LogP contribution is 2.31. The van der Waals surface area contributed by atoms with Crippen LogP contribution in [-0.4, -0.2) is 15.2 Å². The minimum absolute atomic E-state index is 0.0138. The molecule has 0 spiro atoms. The molecule has 8 heteroatoms. The lowest BCUT2D eigenvalue weighted by atomic mass is 9.87. The van der Waals surface area contributed by atoms with Crippen LogP contribution in [0.1, 0.15) is 75.6 Å². The van der Waals surface area contributed by atoms with Crippen molar-refractivity contribution in [3.63, 3.8) is 0 Å². The van der Waals surface area contributed by atoms with Crippen LogP contribution in [0, 0.1) is 5.82 Å². The van der Waals surface area contributed by atoms with Gasteiger partial charge in [-0.2, -0.15) is 0 Å². The highest BCUT2D eigenvalue weighted by atomic mass is 32.2. The molecule has 2 aromatic rings. The van der Waals surface area contributed by atoms with Crippen molar-refractivity contribution in [1.82, 2.24) is 0 Å². The van der Waals surface area contributed by atoms with Crippen LogP contribution in [0.25, 0.3) is 0 Å². The van der Waals surface area contributed by atoms with Crippen LogP contribution in [0.5, 0.6) is 0 Å². The van der Waals surface area contributed by atoms with E-state index in [0.717, 1.165) is 22.5 Å². The van der Waals surface area contributed by atoms with Crippen molar-refractivity contribution in [3.05, 3.63) is 51.7 Å². The number of aliphatic hydroxyl groups is 1. The molecule has 3 N–H and O–H groups in total. The lowest BCUT2D eigenvalue weighted by Gasteiger charge is -2.19. The molecule has 5 nitrogen and oxygen atoms in total. The van der Waals surface area contributed by atoms with E-state index in [1.54, 1.807) is 19.2 Å². The summed E-state index contributed by atoms with van der Waals surface area (Å²) in [5.74, 6) is -0.934. The van der Waals surface area contributed by atoms with Gasteiger partial charge in [-0.3, -0.25) is 4.79 Å². The molecule has 0 saturated carbocycles. The van der Waals surface area contributed by atoms with Gasteiger partial charge >= 0.3 is 0 Å². The van der Waals surface area contributed by atoms with Crippen molar-refractivity contribution >= 4 is 27.2 Å². The maximum atomic E-state index is 14.1.